The minimum Gasteiger partial charge on any atom is -0.315 e. The third-order valence-electron chi connectivity index (χ3n) is 4.43. The molecule has 114 valence electrons. The number of nitrogens with one attached hydrogen (secondary N) is 1. The first-order chi connectivity index (χ1) is 9.27. The average Bonchev–Trinajstić information content (AvgIpc) is 2.46. The van der Waals surface area contributed by atoms with Crippen molar-refractivity contribution >= 4 is 0 Å². The zero-order chi connectivity index (χ0) is 13.9. The van der Waals surface area contributed by atoms with Crippen molar-refractivity contribution in [1.82, 2.24) is 15.1 Å². The molecule has 1 aliphatic rings. The summed E-state index contributed by atoms with van der Waals surface area (Å²) in [6.07, 6.45) is 6.73. The summed E-state index contributed by atoms with van der Waals surface area (Å²) in [6.45, 7) is 15.5. The van der Waals surface area contributed by atoms with E-state index >= 15 is 0 Å². The van der Waals surface area contributed by atoms with Crippen LogP contribution in [0.2, 0.25) is 0 Å². The smallest absolute Gasteiger partial charge is 0.0113 e. The van der Waals surface area contributed by atoms with Gasteiger partial charge >= 0.3 is 0 Å². The highest BCUT2D eigenvalue weighted by Crippen LogP contribution is 2.08. The molecule has 0 spiro atoms. The number of nitrogens with zero attached hydrogens (tertiary/aromatic N) is 2. The maximum Gasteiger partial charge on any atom is 0.0113 e. The second-order valence-electron chi connectivity index (χ2n) is 5.95. The van der Waals surface area contributed by atoms with Crippen LogP contribution in [0.25, 0.3) is 0 Å². The first-order valence-corrected chi connectivity index (χ1v) is 8.45. The zero-order valence-electron chi connectivity index (χ0n) is 13.5. The standard InChI is InChI=1S/C16H35N3/c1-4-6-7-8-9-17-10-11-18-12-14-19(15-13-18)16(3)5-2/h16-17H,4-15H2,1-3H3. The second kappa shape index (κ2) is 10.6. The topological polar surface area (TPSA) is 18.5 Å². The molecule has 1 aliphatic heterocycles. The Balaban J connectivity index is 1.95. The van der Waals surface area contributed by atoms with Crippen LogP contribution < -0.4 is 5.32 Å². The molecule has 0 aromatic carbocycles. The molecule has 1 fully saturated rings. The third-order valence-corrected chi connectivity index (χ3v) is 4.43. The lowest BCUT2D eigenvalue weighted by molar-refractivity contribution is 0.101. The van der Waals surface area contributed by atoms with Gasteiger partial charge in [0.2, 0.25) is 0 Å². The lowest BCUT2D eigenvalue weighted by Crippen LogP contribution is -2.50. The van der Waals surface area contributed by atoms with E-state index in [1.165, 1.54) is 71.4 Å². The van der Waals surface area contributed by atoms with Gasteiger partial charge in [-0.3, -0.25) is 9.80 Å². The van der Waals surface area contributed by atoms with Crippen LogP contribution >= 0.6 is 0 Å². The number of hydrogen-bond acceptors (Lipinski definition) is 3. The van der Waals surface area contributed by atoms with E-state index in [0.717, 1.165) is 12.6 Å². The number of unbranched alkanes of at least 4 members (excludes halogenated alkanes) is 3. The fourth-order valence-corrected chi connectivity index (χ4v) is 2.72. The summed E-state index contributed by atoms with van der Waals surface area (Å²) in [5, 5.41) is 3.58. The van der Waals surface area contributed by atoms with E-state index in [1.807, 2.05) is 0 Å². The Bertz CT molecular complexity index is 200. The van der Waals surface area contributed by atoms with E-state index in [-0.39, 0.29) is 0 Å². The van der Waals surface area contributed by atoms with E-state index in [2.05, 4.69) is 35.9 Å². The molecule has 1 unspecified atom stereocenters. The summed E-state index contributed by atoms with van der Waals surface area (Å²) in [5.41, 5.74) is 0. The first-order valence-electron chi connectivity index (χ1n) is 8.45. The highest BCUT2D eigenvalue weighted by atomic mass is 15.3. The highest BCUT2D eigenvalue weighted by Gasteiger charge is 2.19. The van der Waals surface area contributed by atoms with Gasteiger partial charge in [0, 0.05) is 45.3 Å². The van der Waals surface area contributed by atoms with Crippen LogP contribution in [0.4, 0.5) is 0 Å². The molecule has 19 heavy (non-hydrogen) atoms. The van der Waals surface area contributed by atoms with Crippen LogP contribution in [0.15, 0.2) is 0 Å². The largest absolute Gasteiger partial charge is 0.315 e. The van der Waals surface area contributed by atoms with E-state index in [9.17, 15) is 0 Å². The van der Waals surface area contributed by atoms with Crippen LogP contribution in [0, 0.1) is 0 Å². The van der Waals surface area contributed by atoms with Gasteiger partial charge in [-0.15, -0.1) is 0 Å². The summed E-state index contributed by atoms with van der Waals surface area (Å²) in [7, 11) is 0. The summed E-state index contributed by atoms with van der Waals surface area (Å²) in [4.78, 5) is 5.24. The zero-order valence-corrected chi connectivity index (χ0v) is 13.5. The van der Waals surface area contributed by atoms with Gasteiger partial charge in [0.15, 0.2) is 0 Å². The molecular weight excluding hydrogens is 234 g/mol. The number of rotatable bonds is 10. The van der Waals surface area contributed by atoms with Crippen LogP contribution in [-0.2, 0) is 0 Å². The number of piperazine rings is 1. The molecule has 1 atom stereocenters. The Labute approximate surface area is 120 Å². The molecular formula is C16H35N3. The minimum atomic E-state index is 0.763. The van der Waals surface area contributed by atoms with Crippen molar-refractivity contribution in [3.8, 4) is 0 Å². The summed E-state index contributed by atoms with van der Waals surface area (Å²) in [5.74, 6) is 0. The second-order valence-corrected chi connectivity index (χ2v) is 5.95. The summed E-state index contributed by atoms with van der Waals surface area (Å²) < 4.78 is 0. The Morgan fingerprint density at radius 3 is 2.32 bits per heavy atom. The lowest BCUT2D eigenvalue weighted by atomic mass is 10.2. The van der Waals surface area contributed by atoms with Gasteiger partial charge in [0.05, 0.1) is 0 Å². The van der Waals surface area contributed by atoms with Crippen LogP contribution in [0.1, 0.15) is 52.9 Å². The van der Waals surface area contributed by atoms with Gasteiger partial charge in [-0.2, -0.15) is 0 Å². The average molecular weight is 269 g/mol. The van der Waals surface area contributed by atoms with Crippen molar-refractivity contribution < 1.29 is 0 Å². The first kappa shape index (κ1) is 16.9. The molecule has 3 heteroatoms. The molecule has 1 N–H and O–H groups in total. The molecule has 0 amide bonds. The lowest BCUT2D eigenvalue weighted by Gasteiger charge is -2.37. The molecule has 3 nitrogen and oxygen atoms in total. The van der Waals surface area contributed by atoms with E-state index in [0.29, 0.717) is 0 Å². The highest BCUT2D eigenvalue weighted by molar-refractivity contribution is 4.75. The number of hydrogen-bond donors (Lipinski definition) is 1. The Morgan fingerprint density at radius 1 is 0.947 bits per heavy atom. The van der Waals surface area contributed by atoms with Gasteiger partial charge in [0.1, 0.15) is 0 Å². The van der Waals surface area contributed by atoms with Gasteiger partial charge in [-0.25, -0.2) is 0 Å². The van der Waals surface area contributed by atoms with Gasteiger partial charge in [-0.05, 0) is 26.3 Å². The Morgan fingerprint density at radius 2 is 1.68 bits per heavy atom. The third kappa shape index (κ3) is 7.28. The predicted molar refractivity (Wildman–Crippen MR) is 84.8 cm³/mol. The van der Waals surface area contributed by atoms with E-state index < -0.39 is 0 Å². The molecule has 0 radical (unpaired) electrons. The van der Waals surface area contributed by atoms with Crippen molar-refractivity contribution in [2.24, 2.45) is 0 Å². The maximum atomic E-state index is 3.58. The van der Waals surface area contributed by atoms with Crippen LogP contribution in [0.3, 0.4) is 0 Å². The summed E-state index contributed by atoms with van der Waals surface area (Å²) in [6, 6.07) is 0.763. The molecule has 0 aromatic heterocycles. The van der Waals surface area contributed by atoms with Gasteiger partial charge in [-0.1, -0.05) is 33.1 Å². The normalized spacial score (nSPS) is 19.7. The van der Waals surface area contributed by atoms with Crippen molar-refractivity contribution in [3.05, 3.63) is 0 Å². The SMILES string of the molecule is CCCCCCNCCN1CCN(C(C)CC)CC1. The quantitative estimate of drug-likeness (QED) is 0.615. The fourth-order valence-electron chi connectivity index (χ4n) is 2.72. The molecule has 1 saturated heterocycles. The molecule has 0 aliphatic carbocycles. The molecule has 0 saturated carbocycles. The predicted octanol–water partition coefficient (Wildman–Crippen LogP) is 2.57. The van der Waals surface area contributed by atoms with E-state index in [4.69, 9.17) is 0 Å². The van der Waals surface area contributed by atoms with Gasteiger partial charge < -0.3 is 5.32 Å². The van der Waals surface area contributed by atoms with Gasteiger partial charge in [0.25, 0.3) is 0 Å². The molecule has 0 aromatic rings. The van der Waals surface area contributed by atoms with Crippen LogP contribution in [0.5, 0.6) is 0 Å². The fraction of sp³-hybridized carbons (Fsp3) is 1.00. The van der Waals surface area contributed by atoms with E-state index in [1.54, 1.807) is 0 Å². The molecule has 1 heterocycles. The van der Waals surface area contributed by atoms with Crippen molar-refractivity contribution in [2.75, 3.05) is 45.8 Å². The van der Waals surface area contributed by atoms with Crippen molar-refractivity contribution in [3.63, 3.8) is 0 Å². The Kier molecular flexibility index (Phi) is 9.48. The minimum absolute atomic E-state index is 0.763. The van der Waals surface area contributed by atoms with Crippen molar-refractivity contribution in [1.29, 1.82) is 0 Å². The monoisotopic (exact) mass is 269 g/mol. The maximum absolute atomic E-state index is 3.58. The Hall–Kier alpha value is -0.120. The summed E-state index contributed by atoms with van der Waals surface area (Å²) >= 11 is 0. The van der Waals surface area contributed by atoms with Crippen LogP contribution in [-0.4, -0.2) is 61.7 Å². The molecule has 0 bridgehead atoms. The van der Waals surface area contributed by atoms with Crippen molar-refractivity contribution in [2.45, 2.75) is 58.9 Å². The molecule has 1 rings (SSSR count).